The van der Waals surface area contributed by atoms with E-state index in [9.17, 15) is 4.79 Å². The van der Waals surface area contributed by atoms with Crippen molar-refractivity contribution in [1.29, 1.82) is 0 Å². The number of rotatable bonds is 3. The van der Waals surface area contributed by atoms with Crippen LogP contribution in [0, 0.1) is 0 Å². The molecule has 1 saturated heterocycles. The Labute approximate surface area is 89.9 Å². The molecule has 0 N–H and O–H groups in total. The molecule has 1 aliphatic rings. The zero-order chi connectivity index (χ0) is 10.7. The number of piperidine rings is 1. The van der Waals surface area contributed by atoms with Gasteiger partial charge in [-0.2, -0.15) is 5.10 Å². The molecule has 82 valence electrons. The van der Waals surface area contributed by atoms with Crippen molar-refractivity contribution in [2.75, 3.05) is 19.6 Å². The summed E-state index contributed by atoms with van der Waals surface area (Å²) in [7, 11) is 1.92. The first-order valence-corrected chi connectivity index (χ1v) is 5.45. The Hall–Kier alpha value is -1.16. The first-order valence-electron chi connectivity index (χ1n) is 5.45. The van der Waals surface area contributed by atoms with Crippen molar-refractivity contribution >= 4 is 5.78 Å². The number of Topliss-reactive ketones (excluding diaryl/α,β-unsaturated/α-hetero) is 1. The zero-order valence-electron chi connectivity index (χ0n) is 9.15. The standard InChI is InChI=1S/C11H17N3O/c1-13-8-10(7-12-13)4-6-14-5-2-3-11(15)9-14/h7-8H,2-6,9H2,1H3. The Morgan fingerprint density at radius 3 is 3.07 bits per heavy atom. The maximum atomic E-state index is 11.2. The number of hydrogen-bond acceptors (Lipinski definition) is 3. The summed E-state index contributed by atoms with van der Waals surface area (Å²) in [6.07, 6.45) is 6.70. The van der Waals surface area contributed by atoms with E-state index in [4.69, 9.17) is 0 Å². The van der Waals surface area contributed by atoms with E-state index in [2.05, 4.69) is 10.00 Å². The number of ketones is 1. The van der Waals surface area contributed by atoms with Gasteiger partial charge in [0.2, 0.25) is 0 Å². The molecule has 4 heteroatoms. The maximum Gasteiger partial charge on any atom is 0.146 e. The van der Waals surface area contributed by atoms with Crippen LogP contribution in [0.25, 0.3) is 0 Å². The van der Waals surface area contributed by atoms with Crippen molar-refractivity contribution in [1.82, 2.24) is 14.7 Å². The largest absolute Gasteiger partial charge is 0.298 e. The quantitative estimate of drug-likeness (QED) is 0.729. The van der Waals surface area contributed by atoms with Crippen LogP contribution in [0.1, 0.15) is 18.4 Å². The van der Waals surface area contributed by atoms with Gasteiger partial charge in [-0.05, 0) is 24.9 Å². The molecular formula is C11H17N3O. The minimum absolute atomic E-state index is 0.382. The second-order valence-corrected chi connectivity index (χ2v) is 4.19. The van der Waals surface area contributed by atoms with Crippen LogP contribution >= 0.6 is 0 Å². The van der Waals surface area contributed by atoms with Crippen molar-refractivity contribution in [3.05, 3.63) is 18.0 Å². The SMILES string of the molecule is Cn1cc(CCN2CCCC(=O)C2)cn1. The normalized spacial score (nSPS) is 18.3. The van der Waals surface area contributed by atoms with Gasteiger partial charge in [-0.3, -0.25) is 14.4 Å². The van der Waals surface area contributed by atoms with Crippen molar-refractivity contribution in [3.8, 4) is 0 Å². The number of hydrogen-bond donors (Lipinski definition) is 0. The summed E-state index contributed by atoms with van der Waals surface area (Å²) in [6.45, 7) is 2.67. The van der Waals surface area contributed by atoms with E-state index in [-0.39, 0.29) is 0 Å². The van der Waals surface area contributed by atoms with Crippen LogP contribution in [-0.2, 0) is 18.3 Å². The average Bonchev–Trinajstić information content (AvgIpc) is 2.62. The highest BCUT2D eigenvalue weighted by Crippen LogP contribution is 2.07. The van der Waals surface area contributed by atoms with E-state index in [1.54, 1.807) is 0 Å². The molecule has 0 aliphatic carbocycles. The van der Waals surface area contributed by atoms with Gasteiger partial charge in [-0.1, -0.05) is 0 Å². The van der Waals surface area contributed by atoms with Crippen molar-refractivity contribution in [2.24, 2.45) is 7.05 Å². The van der Waals surface area contributed by atoms with Crippen LogP contribution in [-0.4, -0.2) is 40.1 Å². The molecule has 1 fully saturated rings. The molecule has 2 heterocycles. The van der Waals surface area contributed by atoms with Crippen molar-refractivity contribution in [2.45, 2.75) is 19.3 Å². The zero-order valence-corrected chi connectivity index (χ0v) is 9.15. The highest BCUT2D eigenvalue weighted by molar-refractivity contribution is 5.81. The number of carbonyl (C=O) groups is 1. The highest BCUT2D eigenvalue weighted by atomic mass is 16.1. The van der Waals surface area contributed by atoms with E-state index in [1.165, 1.54) is 5.56 Å². The molecular weight excluding hydrogens is 190 g/mol. The monoisotopic (exact) mass is 207 g/mol. The molecule has 0 saturated carbocycles. The fraction of sp³-hybridized carbons (Fsp3) is 0.636. The molecule has 0 unspecified atom stereocenters. The van der Waals surface area contributed by atoms with Gasteiger partial charge in [0, 0.05) is 26.2 Å². The molecule has 2 rings (SSSR count). The van der Waals surface area contributed by atoms with Crippen LogP contribution in [0.2, 0.25) is 0 Å². The molecule has 1 aromatic heterocycles. The smallest absolute Gasteiger partial charge is 0.146 e. The second kappa shape index (κ2) is 4.57. The highest BCUT2D eigenvalue weighted by Gasteiger charge is 2.16. The maximum absolute atomic E-state index is 11.2. The van der Waals surface area contributed by atoms with Gasteiger partial charge < -0.3 is 0 Å². The summed E-state index contributed by atoms with van der Waals surface area (Å²) in [4.78, 5) is 13.5. The summed E-state index contributed by atoms with van der Waals surface area (Å²) in [5.41, 5.74) is 1.25. The third-order valence-corrected chi connectivity index (χ3v) is 2.80. The van der Waals surface area contributed by atoms with E-state index in [1.807, 2.05) is 24.1 Å². The first kappa shape index (κ1) is 10.4. The number of nitrogens with zero attached hydrogens (tertiary/aromatic N) is 3. The second-order valence-electron chi connectivity index (χ2n) is 4.19. The Bertz CT molecular complexity index is 345. The third kappa shape index (κ3) is 2.89. The number of likely N-dealkylation sites (tertiary alicyclic amines) is 1. The van der Waals surface area contributed by atoms with Gasteiger partial charge in [-0.25, -0.2) is 0 Å². The minimum atomic E-state index is 0.382. The predicted molar refractivity (Wildman–Crippen MR) is 57.6 cm³/mol. The Morgan fingerprint density at radius 1 is 1.53 bits per heavy atom. The minimum Gasteiger partial charge on any atom is -0.298 e. The Kier molecular flexibility index (Phi) is 3.16. The molecule has 15 heavy (non-hydrogen) atoms. The molecule has 1 aromatic rings. The van der Waals surface area contributed by atoms with E-state index in [0.29, 0.717) is 12.3 Å². The summed E-state index contributed by atoms with van der Waals surface area (Å²) < 4.78 is 1.82. The molecule has 0 bridgehead atoms. The molecule has 0 radical (unpaired) electrons. The first-order chi connectivity index (χ1) is 7.24. The number of carbonyl (C=O) groups excluding carboxylic acids is 1. The van der Waals surface area contributed by atoms with Crippen LogP contribution in [0.15, 0.2) is 12.4 Å². The molecule has 0 amide bonds. The molecule has 4 nitrogen and oxygen atoms in total. The van der Waals surface area contributed by atoms with E-state index >= 15 is 0 Å². The van der Waals surface area contributed by atoms with Gasteiger partial charge in [0.15, 0.2) is 0 Å². The van der Waals surface area contributed by atoms with Crippen LogP contribution in [0.4, 0.5) is 0 Å². The summed E-state index contributed by atoms with van der Waals surface area (Å²) in [5, 5.41) is 4.13. The Morgan fingerprint density at radius 2 is 2.40 bits per heavy atom. The Balaban J connectivity index is 1.80. The molecule has 0 spiro atoms. The summed E-state index contributed by atoms with van der Waals surface area (Å²) in [6, 6.07) is 0. The van der Waals surface area contributed by atoms with Crippen LogP contribution in [0.5, 0.6) is 0 Å². The lowest BCUT2D eigenvalue weighted by atomic mass is 10.1. The van der Waals surface area contributed by atoms with Crippen molar-refractivity contribution in [3.63, 3.8) is 0 Å². The van der Waals surface area contributed by atoms with Gasteiger partial charge in [0.25, 0.3) is 0 Å². The van der Waals surface area contributed by atoms with Crippen LogP contribution in [0.3, 0.4) is 0 Å². The summed E-state index contributed by atoms with van der Waals surface area (Å²) in [5.74, 6) is 0.382. The lowest BCUT2D eigenvalue weighted by Gasteiger charge is -2.25. The van der Waals surface area contributed by atoms with Gasteiger partial charge in [0.05, 0.1) is 12.7 Å². The topological polar surface area (TPSA) is 38.1 Å². The number of aromatic nitrogens is 2. The third-order valence-electron chi connectivity index (χ3n) is 2.80. The summed E-state index contributed by atoms with van der Waals surface area (Å²) >= 11 is 0. The van der Waals surface area contributed by atoms with Crippen LogP contribution < -0.4 is 0 Å². The number of aryl methyl sites for hydroxylation is 1. The lowest BCUT2D eigenvalue weighted by Crippen LogP contribution is -2.36. The van der Waals surface area contributed by atoms with Crippen molar-refractivity contribution < 1.29 is 4.79 Å². The predicted octanol–water partition coefficient (Wildman–Crippen LogP) is 0.627. The van der Waals surface area contributed by atoms with E-state index in [0.717, 1.165) is 32.4 Å². The van der Waals surface area contributed by atoms with E-state index < -0.39 is 0 Å². The fourth-order valence-corrected chi connectivity index (χ4v) is 1.99. The lowest BCUT2D eigenvalue weighted by molar-refractivity contribution is -0.122. The van der Waals surface area contributed by atoms with Gasteiger partial charge in [0.1, 0.15) is 5.78 Å². The molecule has 0 atom stereocenters. The molecule has 1 aliphatic heterocycles. The van der Waals surface area contributed by atoms with Gasteiger partial charge >= 0.3 is 0 Å². The average molecular weight is 207 g/mol. The van der Waals surface area contributed by atoms with Gasteiger partial charge in [-0.15, -0.1) is 0 Å². The fourth-order valence-electron chi connectivity index (χ4n) is 1.99. The molecule has 0 aromatic carbocycles.